The highest BCUT2D eigenvalue weighted by molar-refractivity contribution is 5.80. The average Bonchev–Trinajstić information content (AvgIpc) is 3.40. The topological polar surface area (TPSA) is 87.2 Å². The maximum absolute atomic E-state index is 12.1. The Bertz CT molecular complexity index is 1250. The number of fused-ring (bicyclic) bond motifs is 1. The summed E-state index contributed by atoms with van der Waals surface area (Å²) < 4.78 is 5.95. The number of ether oxygens (including phenoxy) is 1. The Morgan fingerprint density at radius 1 is 1.06 bits per heavy atom. The van der Waals surface area contributed by atoms with Crippen LogP contribution in [0.4, 0.5) is 0 Å². The van der Waals surface area contributed by atoms with Crippen molar-refractivity contribution in [2.75, 3.05) is 26.2 Å². The number of hydrogen-bond donors (Lipinski definition) is 1. The van der Waals surface area contributed by atoms with Gasteiger partial charge < -0.3 is 9.64 Å². The molecule has 34 heavy (non-hydrogen) atoms. The number of hydrogen-bond acceptors (Lipinski definition) is 6. The summed E-state index contributed by atoms with van der Waals surface area (Å²) in [6.07, 6.45) is 5.02. The van der Waals surface area contributed by atoms with Crippen molar-refractivity contribution in [1.82, 2.24) is 30.0 Å². The summed E-state index contributed by atoms with van der Waals surface area (Å²) in [5.74, 6) is 1.52. The summed E-state index contributed by atoms with van der Waals surface area (Å²) in [6.45, 7) is 6.19. The molecule has 5 rings (SSSR count). The quantitative estimate of drug-likeness (QED) is 0.447. The average molecular weight is 457 g/mol. The van der Waals surface area contributed by atoms with Crippen LogP contribution in [0.2, 0.25) is 0 Å². The molecule has 0 saturated carbocycles. The summed E-state index contributed by atoms with van der Waals surface area (Å²) in [5, 5.41) is 7.91. The van der Waals surface area contributed by atoms with Crippen LogP contribution < -0.4 is 4.74 Å². The number of aromatic nitrogens is 4. The van der Waals surface area contributed by atoms with Gasteiger partial charge in [-0.2, -0.15) is 5.10 Å². The van der Waals surface area contributed by atoms with Crippen molar-refractivity contribution in [3.63, 3.8) is 0 Å². The number of amides is 1. The van der Waals surface area contributed by atoms with Crippen LogP contribution in [0, 0.1) is 0 Å². The van der Waals surface area contributed by atoms with Crippen molar-refractivity contribution in [1.29, 1.82) is 0 Å². The van der Waals surface area contributed by atoms with Crippen LogP contribution in [-0.4, -0.2) is 62.1 Å². The second-order valence-corrected chi connectivity index (χ2v) is 8.52. The van der Waals surface area contributed by atoms with E-state index in [9.17, 15) is 4.79 Å². The standard InChI is InChI=1S/C26H28N6O2/c1-2-3-26(33)32-14-12-31(13-15-32)18-21-6-4-19-16-22(7-8-23(19)29-21)34-25-9-5-20(17-27-25)24-10-11-28-30-24/h4-11,16-17H,2-3,12-15,18H2,1H3,(H,28,30). The van der Waals surface area contributed by atoms with Gasteiger partial charge in [-0.1, -0.05) is 13.0 Å². The molecule has 3 aromatic heterocycles. The summed E-state index contributed by atoms with van der Waals surface area (Å²) >= 11 is 0. The summed E-state index contributed by atoms with van der Waals surface area (Å²) in [6, 6.07) is 15.7. The first-order chi connectivity index (χ1) is 16.7. The Balaban J connectivity index is 1.20. The minimum Gasteiger partial charge on any atom is -0.439 e. The van der Waals surface area contributed by atoms with Crippen molar-refractivity contribution in [2.24, 2.45) is 0 Å². The maximum Gasteiger partial charge on any atom is 0.222 e. The number of rotatable bonds is 7. The van der Waals surface area contributed by atoms with E-state index >= 15 is 0 Å². The van der Waals surface area contributed by atoms with Gasteiger partial charge in [0, 0.05) is 68.6 Å². The zero-order chi connectivity index (χ0) is 23.3. The van der Waals surface area contributed by atoms with Gasteiger partial charge in [0.1, 0.15) is 5.75 Å². The SMILES string of the molecule is CCCC(=O)N1CCN(Cc2ccc3cc(Oc4ccc(-c5ccn[nH]5)cn4)ccc3n2)CC1. The van der Waals surface area contributed by atoms with Gasteiger partial charge in [-0.15, -0.1) is 0 Å². The molecule has 1 saturated heterocycles. The van der Waals surface area contributed by atoms with Crippen LogP contribution in [0.3, 0.4) is 0 Å². The third kappa shape index (κ3) is 5.07. The van der Waals surface area contributed by atoms with E-state index in [0.717, 1.165) is 72.7 Å². The Morgan fingerprint density at radius 3 is 2.68 bits per heavy atom. The summed E-state index contributed by atoms with van der Waals surface area (Å²) in [5.41, 5.74) is 3.84. The molecule has 1 N–H and O–H groups in total. The Hall–Kier alpha value is -3.78. The Morgan fingerprint density at radius 2 is 1.94 bits per heavy atom. The molecule has 0 unspecified atom stereocenters. The smallest absolute Gasteiger partial charge is 0.222 e. The van der Waals surface area contributed by atoms with Crippen LogP contribution in [-0.2, 0) is 11.3 Å². The van der Waals surface area contributed by atoms with Crippen LogP contribution in [0.5, 0.6) is 11.6 Å². The highest BCUT2D eigenvalue weighted by Crippen LogP contribution is 2.26. The molecule has 1 fully saturated rings. The van der Waals surface area contributed by atoms with Crippen molar-refractivity contribution < 1.29 is 9.53 Å². The highest BCUT2D eigenvalue weighted by Gasteiger charge is 2.20. The third-order valence-electron chi connectivity index (χ3n) is 6.06. The lowest BCUT2D eigenvalue weighted by Crippen LogP contribution is -2.48. The summed E-state index contributed by atoms with van der Waals surface area (Å²) in [4.78, 5) is 25.7. The zero-order valence-corrected chi connectivity index (χ0v) is 19.3. The molecule has 8 nitrogen and oxygen atoms in total. The molecule has 0 aliphatic carbocycles. The number of piperazine rings is 1. The van der Waals surface area contributed by atoms with Crippen molar-refractivity contribution in [3.05, 3.63) is 66.6 Å². The second-order valence-electron chi connectivity index (χ2n) is 8.52. The van der Waals surface area contributed by atoms with Crippen molar-refractivity contribution in [3.8, 4) is 22.9 Å². The van der Waals surface area contributed by atoms with Gasteiger partial charge in [-0.3, -0.25) is 19.8 Å². The van der Waals surface area contributed by atoms with Crippen molar-refractivity contribution in [2.45, 2.75) is 26.3 Å². The third-order valence-corrected chi connectivity index (χ3v) is 6.06. The lowest BCUT2D eigenvalue weighted by molar-refractivity contribution is -0.133. The molecule has 0 spiro atoms. The van der Waals surface area contributed by atoms with Crippen LogP contribution in [0.25, 0.3) is 22.2 Å². The number of nitrogens with zero attached hydrogens (tertiary/aromatic N) is 5. The fraction of sp³-hybridized carbons (Fsp3) is 0.308. The number of nitrogens with one attached hydrogen (secondary N) is 1. The van der Waals surface area contributed by atoms with Crippen LogP contribution in [0.15, 0.2) is 60.9 Å². The molecule has 8 heteroatoms. The molecular formula is C26H28N6O2. The largest absolute Gasteiger partial charge is 0.439 e. The molecule has 4 heterocycles. The van der Waals surface area contributed by atoms with E-state index in [1.54, 1.807) is 12.4 Å². The van der Waals surface area contributed by atoms with E-state index in [1.807, 2.05) is 48.2 Å². The number of carbonyl (C=O) groups excluding carboxylic acids is 1. The molecular weight excluding hydrogens is 428 g/mol. The second kappa shape index (κ2) is 10.0. The first-order valence-electron chi connectivity index (χ1n) is 11.7. The van der Waals surface area contributed by atoms with Gasteiger partial charge in [0.05, 0.1) is 16.9 Å². The number of H-pyrrole nitrogens is 1. The van der Waals surface area contributed by atoms with Crippen LogP contribution >= 0.6 is 0 Å². The minimum absolute atomic E-state index is 0.271. The van der Waals surface area contributed by atoms with E-state index in [2.05, 4.69) is 32.2 Å². The maximum atomic E-state index is 12.1. The number of aromatic amines is 1. The zero-order valence-electron chi connectivity index (χ0n) is 19.3. The van der Waals surface area contributed by atoms with E-state index in [0.29, 0.717) is 12.3 Å². The molecule has 1 aliphatic rings. The first-order valence-corrected chi connectivity index (χ1v) is 11.7. The molecule has 0 atom stereocenters. The molecule has 1 aliphatic heterocycles. The van der Waals surface area contributed by atoms with Gasteiger partial charge in [-0.25, -0.2) is 4.98 Å². The van der Waals surface area contributed by atoms with Gasteiger partial charge >= 0.3 is 0 Å². The molecule has 4 aromatic rings. The number of benzene rings is 1. The molecule has 0 bridgehead atoms. The normalized spacial score (nSPS) is 14.4. The molecule has 174 valence electrons. The fourth-order valence-electron chi connectivity index (χ4n) is 4.19. The molecule has 0 radical (unpaired) electrons. The van der Waals surface area contributed by atoms with E-state index in [4.69, 9.17) is 9.72 Å². The van der Waals surface area contributed by atoms with E-state index in [-0.39, 0.29) is 5.91 Å². The van der Waals surface area contributed by atoms with Gasteiger partial charge in [0.2, 0.25) is 11.8 Å². The van der Waals surface area contributed by atoms with Crippen LogP contribution in [0.1, 0.15) is 25.5 Å². The van der Waals surface area contributed by atoms with Gasteiger partial charge in [0.15, 0.2) is 0 Å². The lowest BCUT2D eigenvalue weighted by Gasteiger charge is -2.34. The van der Waals surface area contributed by atoms with Gasteiger partial charge in [-0.05, 0) is 42.8 Å². The molecule has 1 aromatic carbocycles. The Labute approximate surface area is 198 Å². The minimum atomic E-state index is 0.271. The summed E-state index contributed by atoms with van der Waals surface area (Å²) in [7, 11) is 0. The highest BCUT2D eigenvalue weighted by atomic mass is 16.5. The first kappa shape index (κ1) is 22.0. The van der Waals surface area contributed by atoms with E-state index in [1.165, 1.54) is 0 Å². The number of pyridine rings is 2. The molecule has 1 amide bonds. The fourth-order valence-corrected chi connectivity index (χ4v) is 4.19. The predicted octanol–water partition coefficient (Wildman–Crippen LogP) is 4.26. The lowest BCUT2D eigenvalue weighted by atomic mass is 10.2. The van der Waals surface area contributed by atoms with Gasteiger partial charge in [0.25, 0.3) is 0 Å². The monoisotopic (exact) mass is 456 g/mol. The predicted molar refractivity (Wildman–Crippen MR) is 130 cm³/mol. The van der Waals surface area contributed by atoms with Crippen molar-refractivity contribution >= 4 is 16.8 Å². The Kier molecular flexibility index (Phi) is 6.49. The van der Waals surface area contributed by atoms with E-state index < -0.39 is 0 Å². The number of carbonyl (C=O) groups is 1.